The van der Waals surface area contributed by atoms with Crippen LogP contribution in [0.1, 0.15) is 69.9 Å². The molecule has 3 aliphatic rings. The van der Waals surface area contributed by atoms with Gasteiger partial charge in [0.05, 0.1) is 11.1 Å². The molecule has 1 atom stereocenters. The molecule has 0 aliphatic heterocycles. The zero-order valence-corrected chi connectivity index (χ0v) is 43.3. The number of nitrogens with zero attached hydrogens (tertiary/aromatic N) is 6. The summed E-state index contributed by atoms with van der Waals surface area (Å²) in [5, 5.41) is 7.50. The monoisotopic (exact) mass is 976 g/mol. The molecule has 0 fully saturated rings. The Morgan fingerprint density at radius 1 is 0.382 bits per heavy atom. The Morgan fingerprint density at radius 2 is 0.987 bits per heavy atom. The molecule has 15 rings (SSSR count). The molecule has 0 saturated carbocycles. The van der Waals surface area contributed by atoms with E-state index in [0.717, 1.165) is 45.4 Å². The first-order valence-corrected chi connectivity index (χ1v) is 26.4. The molecule has 2 heterocycles. The summed E-state index contributed by atoms with van der Waals surface area (Å²) >= 11 is 0. The van der Waals surface area contributed by atoms with Crippen LogP contribution in [-0.4, -0.2) is 19.9 Å². The third kappa shape index (κ3) is 5.98. The second-order valence-electron chi connectivity index (χ2n) is 21.5. The molecule has 362 valence electrons. The Bertz CT molecular complexity index is 4430. The standard InChI is InChI=1S/C70H52N6/c1-41-40-71-67(74-44(41)4)76(47-24-11-8-12-25-47)60-39-59-64(63-55-35-34-48(38-58(55)69(5,6)66(60)63)75(46-22-9-7-10-23-46)68-72-42(2)37-43(3)73-68)62-52-29-17-15-27-50(52)51-28-16-18-30-53(51)65(62)70(59)56-32-20-19-31-54(56)61-49-26-14-13-21-45(49)33-36-57(61)70/h7-40H,1-6H3. The maximum Gasteiger partial charge on any atom is 0.235 e. The predicted molar refractivity (Wildman–Crippen MR) is 312 cm³/mol. The molecule has 6 heteroatoms. The van der Waals surface area contributed by atoms with E-state index in [-0.39, 0.29) is 0 Å². The fourth-order valence-electron chi connectivity index (χ4n) is 13.7. The number of benzene rings is 10. The Labute approximate surface area is 442 Å². The van der Waals surface area contributed by atoms with Crippen LogP contribution >= 0.6 is 0 Å². The largest absolute Gasteiger partial charge is 0.279 e. The highest BCUT2D eigenvalue weighted by molar-refractivity contribution is 6.23. The van der Waals surface area contributed by atoms with E-state index in [0.29, 0.717) is 11.9 Å². The fraction of sp³-hybridized carbons (Fsp3) is 0.114. The molecule has 1 unspecified atom stereocenters. The topological polar surface area (TPSA) is 58.0 Å². The van der Waals surface area contributed by atoms with Gasteiger partial charge in [0, 0.05) is 45.8 Å². The average molecular weight is 977 g/mol. The van der Waals surface area contributed by atoms with E-state index < -0.39 is 10.8 Å². The number of aromatic nitrogens is 4. The molecular formula is C70H52N6. The summed E-state index contributed by atoms with van der Waals surface area (Å²) in [7, 11) is 0. The van der Waals surface area contributed by atoms with Crippen LogP contribution in [0.5, 0.6) is 0 Å². The summed E-state index contributed by atoms with van der Waals surface area (Å²) in [5.41, 5.74) is 21.7. The number of hydrogen-bond donors (Lipinski definition) is 0. The predicted octanol–water partition coefficient (Wildman–Crippen LogP) is 17.5. The van der Waals surface area contributed by atoms with Crippen molar-refractivity contribution < 1.29 is 0 Å². The molecule has 0 bridgehead atoms. The molecular weight excluding hydrogens is 925 g/mol. The smallest absolute Gasteiger partial charge is 0.235 e. The van der Waals surface area contributed by atoms with Crippen molar-refractivity contribution in [2.24, 2.45) is 0 Å². The van der Waals surface area contributed by atoms with Gasteiger partial charge in [-0.2, -0.15) is 0 Å². The van der Waals surface area contributed by atoms with Crippen molar-refractivity contribution in [3.63, 3.8) is 0 Å². The lowest BCUT2D eigenvalue weighted by Gasteiger charge is -2.35. The van der Waals surface area contributed by atoms with Gasteiger partial charge >= 0.3 is 0 Å². The molecule has 10 aromatic carbocycles. The normalized spacial score (nSPS) is 15.1. The molecule has 12 aromatic rings. The summed E-state index contributed by atoms with van der Waals surface area (Å²) < 4.78 is 0. The number of hydrogen-bond acceptors (Lipinski definition) is 6. The third-order valence-electron chi connectivity index (χ3n) is 16.9. The molecule has 0 amide bonds. The highest BCUT2D eigenvalue weighted by Crippen LogP contribution is 2.71. The first-order chi connectivity index (χ1) is 37.1. The Kier molecular flexibility index (Phi) is 9.38. The van der Waals surface area contributed by atoms with E-state index >= 15 is 0 Å². The van der Waals surface area contributed by atoms with Gasteiger partial charge in [-0.25, -0.2) is 19.9 Å². The summed E-state index contributed by atoms with van der Waals surface area (Å²) in [5.74, 6) is 1.27. The molecule has 0 saturated heterocycles. The van der Waals surface area contributed by atoms with Crippen molar-refractivity contribution in [1.82, 2.24) is 19.9 Å². The lowest BCUT2D eigenvalue weighted by atomic mass is 9.68. The van der Waals surface area contributed by atoms with Crippen LogP contribution in [0.4, 0.5) is 34.6 Å². The van der Waals surface area contributed by atoms with E-state index in [4.69, 9.17) is 19.9 Å². The Morgan fingerprint density at radius 3 is 1.71 bits per heavy atom. The zero-order chi connectivity index (χ0) is 51.2. The number of fused-ring (bicyclic) bond motifs is 21. The molecule has 2 aromatic heterocycles. The molecule has 0 N–H and O–H groups in total. The van der Waals surface area contributed by atoms with Crippen LogP contribution < -0.4 is 9.80 Å². The molecule has 0 radical (unpaired) electrons. The minimum Gasteiger partial charge on any atom is -0.279 e. The van der Waals surface area contributed by atoms with Crippen molar-refractivity contribution in [1.29, 1.82) is 0 Å². The minimum atomic E-state index is -0.738. The van der Waals surface area contributed by atoms with Crippen LogP contribution in [0, 0.1) is 27.7 Å². The number of anilines is 6. The van der Waals surface area contributed by atoms with Crippen molar-refractivity contribution in [3.05, 3.63) is 262 Å². The quantitative estimate of drug-likeness (QED) is 0.155. The Hall–Kier alpha value is -9.26. The fourth-order valence-corrected chi connectivity index (χ4v) is 13.7. The highest BCUT2D eigenvalue weighted by Gasteiger charge is 2.56. The molecule has 6 nitrogen and oxygen atoms in total. The second-order valence-corrected chi connectivity index (χ2v) is 21.5. The molecule has 1 spiro atoms. The summed E-state index contributed by atoms with van der Waals surface area (Å²) in [6.45, 7) is 13.1. The number of para-hydroxylation sites is 2. The van der Waals surface area contributed by atoms with Crippen molar-refractivity contribution in [2.75, 3.05) is 9.80 Å². The van der Waals surface area contributed by atoms with Gasteiger partial charge in [-0.15, -0.1) is 0 Å². The highest BCUT2D eigenvalue weighted by atomic mass is 15.3. The van der Waals surface area contributed by atoms with Gasteiger partial charge in [0.25, 0.3) is 0 Å². The van der Waals surface area contributed by atoms with Crippen LogP contribution in [-0.2, 0) is 10.8 Å². The van der Waals surface area contributed by atoms with Gasteiger partial charge in [0.15, 0.2) is 0 Å². The van der Waals surface area contributed by atoms with Crippen LogP contribution in [0.25, 0.3) is 65.7 Å². The number of aryl methyl sites for hydroxylation is 4. The van der Waals surface area contributed by atoms with E-state index in [2.05, 4.69) is 232 Å². The third-order valence-corrected chi connectivity index (χ3v) is 16.9. The van der Waals surface area contributed by atoms with Gasteiger partial charge in [-0.3, -0.25) is 9.80 Å². The van der Waals surface area contributed by atoms with E-state index in [1.807, 2.05) is 26.1 Å². The van der Waals surface area contributed by atoms with Gasteiger partial charge in [0.1, 0.15) is 0 Å². The van der Waals surface area contributed by atoms with Crippen LogP contribution in [0.2, 0.25) is 0 Å². The van der Waals surface area contributed by atoms with Crippen molar-refractivity contribution >= 4 is 67.0 Å². The second kappa shape index (κ2) is 16.1. The zero-order valence-electron chi connectivity index (χ0n) is 43.3. The first-order valence-electron chi connectivity index (χ1n) is 26.4. The molecule has 76 heavy (non-hydrogen) atoms. The molecule has 3 aliphatic carbocycles. The maximum absolute atomic E-state index is 5.37. The summed E-state index contributed by atoms with van der Waals surface area (Å²) in [6.07, 6.45) is 1.98. The lowest BCUT2D eigenvalue weighted by Crippen LogP contribution is -2.28. The van der Waals surface area contributed by atoms with Crippen molar-refractivity contribution in [2.45, 2.75) is 52.4 Å². The summed E-state index contributed by atoms with van der Waals surface area (Å²) in [6, 6.07) is 74.2. The maximum atomic E-state index is 5.37. The minimum absolute atomic E-state index is 0.562. The van der Waals surface area contributed by atoms with Crippen LogP contribution in [0.15, 0.2) is 206 Å². The van der Waals surface area contributed by atoms with Gasteiger partial charge < -0.3 is 0 Å². The Balaban J connectivity index is 1.15. The van der Waals surface area contributed by atoms with E-state index in [9.17, 15) is 0 Å². The van der Waals surface area contributed by atoms with Crippen molar-refractivity contribution in [3.8, 4) is 33.4 Å². The first kappa shape index (κ1) is 44.2. The summed E-state index contributed by atoms with van der Waals surface area (Å²) in [4.78, 5) is 25.3. The van der Waals surface area contributed by atoms with Gasteiger partial charge in [-0.1, -0.05) is 166 Å². The average Bonchev–Trinajstić information content (AvgIpc) is 4.20. The van der Waals surface area contributed by atoms with Gasteiger partial charge in [-0.05, 0) is 181 Å². The SMILES string of the molecule is Cc1cc(C)nc(N(c2ccccc2)c2ccc3c(c2)C(C)(C)c2c(N(c4ccccc4)c4ncc(C)c(C)n4)cc4c(c2-3)-c2c(c3ccccc3c3ccccc23)C42c3ccccc3-c3c2ccc2ccccc32)n1. The lowest BCUT2D eigenvalue weighted by molar-refractivity contribution is 0.660. The van der Waals surface area contributed by atoms with Crippen LogP contribution in [0.3, 0.4) is 0 Å². The van der Waals surface area contributed by atoms with Gasteiger partial charge in [0.2, 0.25) is 11.9 Å². The van der Waals surface area contributed by atoms with E-state index in [1.165, 1.54) is 99.1 Å². The van der Waals surface area contributed by atoms with E-state index in [1.54, 1.807) is 0 Å². The number of rotatable bonds is 6.